The summed E-state index contributed by atoms with van der Waals surface area (Å²) >= 11 is 5.98. The number of rotatable bonds is 5. The van der Waals surface area contributed by atoms with E-state index in [0.29, 0.717) is 27.7 Å². The van der Waals surface area contributed by atoms with E-state index in [2.05, 4.69) is 20.6 Å². The first kappa shape index (κ1) is 19.6. The van der Waals surface area contributed by atoms with Gasteiger partial charge in [0.25, 0.3) is 5.91 Å². The van der Waals surface area contributed by atoms with Crippen molar-refractivity contribution in [2.45, 2.75) is 13.3 Å². The summed E-state index contributed by atoms with van der Waals surface area (Å²) in [5, 5.41) is 5.96. The summed E-state index contributed by atoms with van der Waals surface area (Å²) < 4.78 is 13.8. The minimum Gasteiger partial charge on any atom is -0.354 e. The van der Waals surface area contributed by atoms with Crippen molar-refractivity contribution >= 4 is 45.6 Å². The highest BCUT2D eigenvalue weighted by atomic mass is 35.5. The zero-order valence-corrected chi connectivity index (χ0v) is 16.0. The van der Waals surface area contributed by atoms with Gasteiger partial charge in [0.1, 0.15) is 11.5 Å². The number of fused-ring (bicyclic) bond motifs is 1. The van der Waals surface area contributed by atoms with Gasteiger partial charge in [0, 0.05) is 29.7 Å². The maximum Gasteiger partial charge on any atom is 0.268 e. The third kappa shape index (κ3) is 3.89. The molecule has 0 saturated carbocycles. The van der Waals surface area contributed by atoms with E-state index in [9.17, 15) is 14.0 Å². The Morgan fingerprint density at radius 3 is 2.79 bits per heavy atom. The topological polar surface area (TPSA) is 86.9 Å². The van der Waals surface area contributed by atoms with Crippen LogP contribution in [0, 0.1) is 5.82 Å². The van der Waals surface area contributed by atoms with Crippen LogP contribution in [0.2, 0.25) is 5.15 Å². The fraction of sp³-hybridized carbons (Fsp3) is 0.150. The van der Waals surface area contributed by atoms with Gasteiger partial charge < -0.3 is 15.6 Å². The molecule has 2 amide bonds. The third-order valence-electron chi connectivity index (χ3n) is 4.27. The number of H-pyrrole nitrogens is 1. The second-order valence-electron chi connectivity index (χ2n) is 6.02. The molecular formula is C20H18ClFN4O2. The Morgan fingerprint density at radius 1 is 1.32 bits per heavy atom. The van der Waals surface area contributed by atoms with Gasteiger partial charge in [0.15, 0.2) is 5.15 Å². The number of aromatic amines is 1. The van der Waals surface area contributed by atoms with Crippen molar-refractivity contribution in [1.29, 1.82) is 0 Å². The Kier molecular flexibility index (Phi) is 5.75. The van der Waals surface area contributed by atoms with Gasteiger partial charge in [-0.25, -0.2) is 9.37 Å². The number of carbonyl (C=O) groups excluding carboxylic acids is 2. The van der Waals surface area contributed by atoms with Crippen molar-refractivity contribution in [3.8, 4) is 0 Å². The molecule has 0 bridgehead atoms. The molecule has 0 fully saturated rings. The summed E-state index contributed by atoms with van der Waals surface area (Å²) in [6.07, 6.45) is 3.21. The Labute approximate surface area is 165 Å². The fourth-order valence-corrected chi connectivity index (χ4v) is 3.14. The van der Waals surface area contributed by atoms with Crippen molar-refractivity contribution in [1.82, 2.24) is 15.3 Å². The molecule has 2 heterocycles. The molecule has 0 aliphatic rings. The normalized spacial score (nSPS) is 11.5. The van der Waals surface area contributed by atoms with Crippen LogP contribution in [0.5, 0.6) is 0 Å². The van der Waals surface area contributed by atoms with Crippen LogP contribution in [-0.2, 0) is 4.79 Å². The van der Waals surface area contributed by atoms with Crippen LogP contribution in [0.25, 0.3) is 16.5 Å². The van der Waals surface area contributed by atoms with E-state index >= 15 is 0 Å². The average molecular weight is 401 g/mol. The summed E-state index contributed by atoms with van der Waals surface area (Å²) in [6.45, 7) is 1.76. The molecule has 0 aliphatic carbocycles. The minimum atomic E-state index is -0.432. The molecule has 6 nitrogen and oxygen atoms in total. The minimum absolute atomic E-state index is 0.0326. The number of hydrogen-bond acceptors (Lipinski definition) is 3. The van der Waals surface area contributed by atoms with Crippen molar-refractivity contribution in [3.63, 3.8) is 0 Å². The average Bonchev–Trinajstić information content (AvgIpc) is 3.05. The van der Waals surface area contributed by atoms with Crippen LogP contribution in [0.3, 0.4) is 0 Å². The van der Waals surface area contributed by atoms with Crippen LogP contribution in [-0.4, -0.2) is 28.8 Å². The highest BCUT2D eigenvalue weighted by Crippen LogP contribution is 2.32. The van der Waals surface area contributed by atoms with Crippen molar-refractivity contribution in [2.24, 2.45) is 0 Å². The number of pyridine rings is 1. The maximum absolute atomic E-state index is 13.8. The van der Waals surface area contributed by atoms with Crippen molar-refractivity contribution in [2.75, 3.05) is 12.4 Å². The van der Waals surface area contributed by atoms with E-state index < -0.39 is 5.82 Å². The number of halogens is 2. The SMILES string of the molecule is C/C=C(/CC(=O)Nc1cccnc1Cl)c1c(C(=O)NC)[nH]c2ccc(F)cc12. The van der Waals surface area contributed by atoms with E-state index in [1.54, 1.807) is 31.2 Å². The van der Waals surface area contributed by atoms with Gasteiger partial charge in [0.2, 0.25) is 5.91 Å². The van der Waals surface area contributed by atoms with Gasteiger partial charge in [-0.3, -0.25) is 9.59 Å². The number of anilines is 1. The number of aromatic nitrogens is 2. The predicted molar refractivity (Wildman–Crippen MR) is 108 cm³/mol. The molecule has 3 aromatic rings. The second-order valence-corrected chi connectivity index (χ2v) is 6.38. The van der Waals surface area contributed by atoms with Crippen molar-refractivity contribution in [3.05, 3.63) is 64.8 Å². The van der Waals surface area contributed by atoms with Gasteiger partial charge in [0.05, 0.1) is 12.1 Å². The first-order chi connectivity index (χ1) is 13.4. The number of nitrogens with zero attached hydrogens (tertiary/aromatic N) is 1. The van der Waals surface area contributed by atoms with E-state index in [1.165, 1.54) is 25.4 Å². The molecule has 0 unspecified atom stereocenters. The number of carbonyl (C=O) groups is 2. The lowest BCUT2D eigenvalue weighted by atomic mass is 9.98. The predicted octanol–water partition coefficient (Wildman–Crippen LogP) is 4.15. The molecule has 3 N–H and O–H groups in total. The van der Waals surface area contributed by atoms with Crippen LogP contribution < -0.4 is 10.6 Å². The van der Waals surface area contributed by atoms with E-state index in [1.807, 2.05) is 0 Å². The first-order valence-electron chi connectivity index (χ1n) is 8.53. The lowest BCUT2D eigenvalue weighted by molar-refractivity contribution is -0.115. The van der Waals surface area contributed by atoms with E-state index in [-0.39, 0.29) is 29.1 Å². The Balaban J connectivity index is 1.99. The molecule has 0 atom stereocenters. The summed E-state index contributed by atoms with van der Waals surface area (Å²) in [5.74, 6) is -1.13. The molecule has 144 valence electrons. The molecule has 1 aromatic carbocycles. The third-order valence-corrected chi connectivity index (χ3v) is 4.57. The van der Waals surface area contributed by atoms with E-state index in [4.69, 9.17) is 11.6 Å². The smallest absolute Gasteiger partial charge is 0.268 e. The quantitative estimate of drug-likeness (QED) is 0.562. The number of amides is 2. The lowest BCUT2D eigenvalue weighted by Crippen LogP contribution is -2.20. The van der Waals surface area contributed by atoms with Crippen LogP contribution in [0.15, 0.2) is 42.6 Å². The summed E-state index contributed by atoms with van der Waals surface area (Å²) in [4.78, 5) is 31.8. The number of benzene rings is 1. The summed E-state index contributed by atoms with van der Waals surface area (Å²) in [7, 11) is 1.50. The van der Waals surface area contributed by atoms with E-state index in [0.717, 1.165) is 0 Å². The second kappa shape index (κ2) is 8.22. The van der Waals surface area contributed by atoms with Gasteiger partial charge >= 0.3 is 0 Å². The Morgan fingerprint density at radius 2 is 2.11 bits per heavy atom. The molecule has 0 saturated heterocycles. The van der Waals surface area contributed by atoms with Crippen LogP contribution >= 0.6 is 11.6 Å². The van der Waals surface area contributed by atoms with Crippen LogP contribution in [0.1, 0.15) is 29.4 Å². The number of hydrogen-bond donors (Lipinski definition) is 3. The molecule has 28 heavy (non-hydrogen) atoms. The first-order valence-corrected chi connectivity index (χ1v) is 8.91. The van der Waals surface area contributed by atoms with Crippen molar-refractivity contribution < 1.29 is 14.0 Å². The van der Waals surface area contributed by atoms with Gasteiger partial charge in [-0.05, 0) is 42.8 Å². The van der Waals surface area contributed by atoms with Gasteiger partial charge in [-0.2, -0.15) is 0 Å². The zero-order valence-electron chi connectivity index (χ0n) is 15.3. The molecular weight excluding hydrogens is 383 g/mol. The number of allylic oxidation sites excluding steroid dienone is 1. The highest BCUT2D eigenvalue weighted by Gasteiger charge is 2.22. The largest absolute Gasteiger partial charge is 0.354 e. The summed E-state index contributed by atoms with van der Waals surface area (Å²) in [5.41, 5.74) is 2.33. The molecule has 0 aliphatic heterocycles. The molecule has 2 aromatic heterocycles. The monoisotopic (exact) mass is 400 g/mol. The Bertz CT molecular complexity index is 1090. The molecule has 8 heteroatoms. The standard InChI is InChI=1S/C20H18ClFN4O2/c1-3-11(9-16(27)25-15-5-4-8-24-19(15)21)17-13-10-12(22)6-7-14(13)26-18(17)20(28)23-2/h3-8,10,26H,9H2,1-2H3,(H,23,28)(H,25,27)/b11-3-. The summed E-state index contributed by atoms with van der Waals surface area (Å²) in [6, 6.07) is 7.50. The lowest BCUT2D eigenvalue weighted by Gasteiger charge is -2.11. The number of nitrogens with one attached hydrogen (secondary N) is 3. The molecule has 0 spiro atoms. The Hall–Kier alpha value is -3.19. The van der Waals surface area contributed by atoms with Crippen LogP contribution in [0.4, 0.5) is 10.1 Å². The maximum atomic E-state index is 13.8. The zero-order chi connectivity index (χ0) is 20.3. The van der Waals surface area contributed by atoms with Gasteiger partial charge in [-0.1, -0.05) is 17.7 Å². The molecule has 3 rings (SSSR count). The fourth-order valence-electron chi connectivity index (χ4n) is 2.97. The van der Waals surface area contributed by atoms with Gasteiger partial charge in [-0.15, -0.1) is 0 Å². The molecule has 0 radical (unpaired) electrons. The highest BCUT2D eigenvalue weighted by molar-refractivity contribution is 6.32.